The lowest BCUT2D eigenvalue weighted by atomic mass is 10.5. The average Bonchev–Trinajstić information content (AvgIpc) is 1.63. The monoisotopic (exact) mass is 166 g/mol. The summed E-state index contributed by atoms with van der Waals surface area (Å²) in [5.41, 5.74) is 0. The van der Waals surface area contributed by atoms with Gasteiger partial charge in [0.2, 0.25) is 0 Å². The molecule has 0 spiro atoms. The third-order valence-corrected chi connectivity index (χ3v) is 2.75. The van der Waals surface area contributed by atoms with Crippen molar-refractivity contribution in [2.75, 3.05) is 5.75 Å². The molecular weight excluding hydrogens is 152 g/mol. The zero-order chi connectivity index (χ0) is 7.28. The molecule has 0 aromatic heterocycles. The van der Waals surface area contributed by atoms with Crippen LogP contribution in [0, 0.1) is 0 Å². The highest BCUT2D eigenvalue weighted by Gasteiger charge is 1.95. The van der Waals surface area contributed by atoms with Gasteiger partial charge in [-0.05, 0) is 31.5 Å². The van der Waals surface area contributed by atoms with Gasteiger partial charge in [0.1, 0.15) is 0 Å². The van der Waals surface area contributed by atoms with Gasteiger partial charge >= 0.3 is 0 Å². The molecule has 56 valence electrons. The maximum Gasteiger partial charge on any atom is 0.0669 e. The van der Waals surface area contributed by atoms with E-state index in [4.69, 9.17) is 15.4 Å². The first-order chi connectivity index (χ1) is 4.16. The standard InChI is InChI=1S/C6H14OS2/c1-4-5-9(8)7-6(2)3/h6H,4-5H2,1-3H3. The first kappa shape index (κ1) is 9.53. The quantitative estimate of drug-likeness (QED) is 0.630. The number of hydrogen-bond acceptors (Lipinski definition) is 2. The van der Waals surface area contributed by atoms with Gasteiger partial charge in [0.15, 0.2) is 0 Å². The average molecular weight is 166 g/mol. The Kier molecular flexibility index (Phi) is 5.64. The fourth-order valence-corrected chi connectivity index (χ4v) is 2.26. The van der Waals surface area contributed by atoms with Crippen LogP contribution in [0.5, 0.6) is 0 Å². The van der Waals surface area contributed by atoms with Gasteiger partial charge < -0.3 is 4.18 Å². The fourth-order valence-electron chi connectivity index (χ4n) is 0.429. The van der Waals surface area contributed by atoms with Crippen LogP contribution in [0.25, 0.3) is 0 Å². The van der Waals surface area contributed by atoms with Crippen LogP contribution in [0.1, 0.15) is 27.2 Å². The van der Waals surface area contributed by atoms with Crippen LogP contribution in [0.4, 0.5) is 0 Å². The van der Waals surface area contributed by atoms with Crippen molar-refractivity contribution in [3.05, 3.63) is 0 Å². The lowest BCUT2D eigenvalue weighted by Crippen LogP contribution is -2.07. The minimum absolute atomic E-state index is 0.217. The molecule has 1 nitrogen and oxygen atoms in total. The van der Waals surface area contributed by atoms with Crippen molar-refractivity contribution in [2.45, 2.75) is 33.3 Å². The normalized spacial score (nSPS) is 14.2. The Morgan fingerprint density at radius 3 is 2.44 bits per heavy atom. The SMILES string of the molecule is CCCS(=S)OC(C)C. The lowest BCUT2D eigenvalue weighted by molar-refractivity contribution is 0.285. The Morgan fingerprint density at radius 2 is 2.11 bits per heavy atom. The second-order valence-electron chi connectivity index (χ2n) is 2.15. The van der Waals surface area contributed by atoms with E-state index < -0.39 is 0 Å². The minimum atomic E-state index is -0.217. The summed E-state index contributed by atoms with van der Waals surface area (Å²) in [4.78, 5) is 0. The van der Waals surface area contributed by atoms with Crippen LogP contribution >= 0.6 is 0 Å². The molecule has 0 aliphatic carbocycles. The summed E-state index contributed by atoms with van der Waals surface area (Å²) in [6, 6.07) is 0. The van der Waals surface area contributed by atoms with Crippen molar-refractivity contribution >= 4 is 20.9 Å². The molecule has 0 saturated carbocycles. The molecule has 0 fully saturated rings. The van der Waals surface area contributed by atoms with Crippen molar-refractivity contribution in [1.82, 2.24) is 0 Å². The van der Waals surface area contributed by atoms with Crippen LogP contribution < -0.4 is 0 Å². The van der Waals surface area contributed by atoms with Crippen LogP contribution in [-0.4, -0.2) is 11.9 Å². The number of rotatable bonds is 4. The third-order valence-electron chi connectivity index (χ3n) is 0.671. The highest BCUT2D eigenvalue weighted by atomic mass is 32.8. The zero-order valence-electron chi connectivity index (χ0n) is 6.22. The molecule has 0 amide bonds. The Morgan fingerprint density at radius 1 is 1.56 bits per heavy atom. The molecule has 0 aliphatic heterocycles. The third kappa shape index (κ3) is 6.41. The summed E-state index contributed by atoms with van der Waals surface area (Å²) in [5.74, 6) is 1.02. The topological polar surface area (TPSA) is 9.23 Å². The van der Waals surface area contributed by atoms with Crippen molar-refractivity contribution < 1.29 is 4.18 Å². The summed E-state index contributed by atoms with van der Waals surface area (Å²) < 4.78 is 5.33. The zero-order valence-corrected chi connectivity index (χ0v) is 7.85. The van der Waals surface area contributed by atoms with E-state index in [-0.39, 0.29) is 15.8 Å². The molecule has 0 radical (unpaired) electrons. The molecule has 0 rings (SSSR count). The molecule has 1 atom stereocenters. The molecule has 3 heteroatoms. The van der Waals surface area contributed by atoms with E-state index in [9.17, 15) is 0 Å². The van der Waals surface area contributed by atoms with Crippen LogP contribution in [0.15, 0.2) is 0 Å². The second kappa shape index (κ2) is 5.33. The van der Waals surface area contributed by atoms with Crippen LogP contribution in [-0.2, 0) is 25.1 Å². The van der Waals surface area contributed by atoms with Gasteiger partial charge in [-0.15, -0.1) is 0 Å². The van der Waals surface area contributed by atoms with Crippen molar-refractivity contribution in [1.29, 1.82) is 0 Å². The van der Waals surface area contributed by atoms with Gasteiger partial charge in [-0.25, -0.2) is 0 Å². The molecule has 0 aromatic carbocycles. The van der Waals surface area contributed by atoms with Gasteiger partial charge in [0.25, 0.3) is 0 Å². The summed E-state index contributed by atoms with van der Waals surface area (Å²) in [5, 5.41) is 0. The smallest absolute Gasteiger partial charge is 0.0669 e. The predicted octanol–water partition coefficient (Wildman–Crippen LogP) is 1.82. The van der Waals surface area contributed by atoms with Crippen molar-refractivity contribution in [3.8, 4) is 0 Å². The molecule has 0 saturated heterocycles. The minimum Gasteiger partial charge on any atom is -0.310 e. The van der Waals surface area contributed by atoms with Gasteiger partial charge in [-0.1, -0.05) is 6.92 Å². The van der Waals surface area contributed by atoms with Crippen LogP contribution in [0.3, 0.4) is 0 Å². The molecule has 0 N–H and O–H groups in total. The van der Waals surface area contributed by atoms with E-state index in [2.05, 4.69) is 6.92 Å². The Labute approximate surface area is 64.6 Å². The highest BCUT2D eigenvalue weighted by Crippen LogP contribution is 1.95. The first-order valence-corrected chi connectivity index (χ1v) is 5.46. The summed E-state index contributed by atoms with van der Waals surface area (Å²) >= 11 is 5.02. The maximum absolute atomic E-state index is 5.33. The van der Waals surface area contributed by atoms with E-state index in [1.165, 1.54) is 0 Å². The summed E-state index contributed by atoms with van der Waals surface area (Å²) in [7, 11) is -0.217. The van der Waals surface area contributed by atoms with Crippen molar-refractivity contribution in [2.24, 2.45) is 0 Å². The Balaban J connectivity index is 3.27. The summed E-state index contributed by atoms with van der Waals surface area (Å²) in [6.45, 7) is 6.15. The largest absolute Gasteiger partial charge is 0.310 e. The van der Waals surface area contributed by atoms with E-state index in [0.717, 1.165) is 12.2 Å². The molecule has 0 bridgehead atoms. The molecule has 0 aliphatic rings. The highest BCUT2D eigenvalue weighted by molar-refractivity contribution is 8.26. The fraction of sp³-hybridized carbons (Fsp3) is 1.00. The van der Waals surface area contributed by atoms with E-state index in [0.29, 0.717) is 0 Å². The first-order valence-electron chi connectivity index (χ1n) is 3.22. The maximum atomic E-state index is 5.33. The molecular formula is C6H14OS2. The van der Waals surface area contributed by atoms with E-state index >= 15 is 0 Å². The van der Waals surface area contributed by atoms with Gasteiger partial charge in [-0.3, -0.25) is 0 Å². The Hall–Kier alpha value is 0.530. The summed E-state index contributed by atoms with van der Waals surface area (Å²) in [6.07, 6.45) is 1.41. The Bertz CT molecular complexity index is 91.1. The van der Waals surface area contributed by atoms with E-state index in [1.807, 2.05) is 13.8 Å². The predicted molar refractivity (Wildman–Crippen MR) is 46.1 cm³/mol. The van der Waals surface area contributed by atoms with Gasteiger partial charge in [0.05, 0.1) is 6.10 Å². The number of hydrogen-bond donors (Lipinski definition) is 0. The lowest BCUT2D eigenvalue weighted by Gasteiger charge is -2.07. The van der Waals surface area contributed by atoms with Crippen molar-refractivity contribution in [3.63, 3.8) is 0 Å². The molecule has 0 heterocycles. The van der Waals surface area contributed by atoms with Crippen LogP contribution in [0.2, 0.25) is 0 Å². The van der Waals surface area contributed by atoms with Gasteiger partial charge in [-0.2, -0.15) is 0 Å². The molecule has 0 aromatic rings. The van der Waals surface area contributed by atoms with Gasteiger partial charge in [0, 0.05) is 15.5 Å². The van der Waals surface area contributed by atoms with E-state index in [1.54, 1.807) is 0 Å². The molecule has 9 heavy (non-hydrogen) atoms. The molecule has 1 unspecified atom stereocenters. The second-order valence-corrected chi connectivity index (χ2v) is 4.48.